The first-order valence-corrected chi connectivity index (χ1v) is 8.33. The molecule has 0 radical (unpaired) electrons. The summed E-state index contributed by atoms with van der Waals surface area (Å²) in [6.07, 6.45) is -4.28. The Labute approximate surface area is 156 Å². The summed E-state index contributed by atoms with van der Waals surface area (Å²) in [5.74, 6) is -31.0. The molecule has 4 nitrogen and oxygen atoms in total. The van der Waals surface area contributed by atoms with E-state index in [0.717, 1.165) is 0 Å². The fourth-order valence-electron chi connectivity index (χ4n) is 2.22. The van der Waals surface area contributed by atoms with Crippen LogP contribution in [0.2, 0.25) is 0 Å². The van der Waals surface area contributed by atoms with Crippen molar-refractivity contribution < 1.29 is 54.2 Å². The summed E-state index contributed by atoms with van der Waals surface area (Å²) in [4.78, 5) is 22.6. The molecule has 28 heavy (non-hydrogen) atoms. The second-order valence-electron chi connectivity index (χ2n) is 6.27. The van der Waals surface area contributed by atoms with Gasteiger partial charge >= 0.3 is 35.6 Å². The van der Waals surface area contributed by atoms with Crippen LogP contribution in [0.4, 0.5) is 35.1 Å². The average molecular weight is 430 g/mol. The third-order valence-corrected chi connectivity index (χ3v) is 3.82. The van der Waals surface area contributed by atoms with E-state index in [1.807, 2.05) is 0 Å². The molecule has 0 aromatic heterocycles. The SMILES string of the molecule is CCOC(=O)C(C)CC(F)(F)C(F)(F)C(F)(F)C(F)(F)CC(C)C(=O)OCC. The predicted molar refractivity (Wildman–Crippen MR) is 80.6 cm³/mol. The van der Waals surface area contributed by atoms with Crippen molar-refractivity contribution in [1.29, 1.82) is 0 Å². The maximum atomic E-state index is 13.8. The smallest absolute Gasteiger partial charge is 0.378 e. The van der Waals surface area contributed by atoms with Gasteiger partial charge < -0.3 is 9.47 Å². The van der Waals surface area contributed by atoms with E-state index in [1.165, 1.54) is 13.8 Å². The third kappa shape index (κ3) is 5.47. The average Bonchev–Trinajstić information content (AvgIpc) is 2.53. The second kappa shape index (κ2) is 9.25. The maximum absolute atomic E-state index is 13.8. The Balaban J connectivity index is 5.62. The summed E-state index contributed by atoms with van der Waals surface area (Å²) in [5.41, 5.74) is 0. The van der Waals surface area contributed by atoms with Crippen molar-refractivity contribution in [1.82, 2.24) is 0 Å². The highest BCUT2D eigenvalue weighted by Crippen LogP contribution is 2.55. The lowest BCUT2D eigenvalue weighted by Crippen LogP contribution is -2.63. The van der Waals surface area contributed by atoms with Crippen molar-refractivity contribution >= 4 is 11.9 Å². The predicted octanol–water partition coefficient (Wildman–Crippen LogP) is 4.71. The van der Waals surface area contributed by atoms with Gasteiger partial charge in [-0.25, -0.2) is 0 Å². The standard InChI is InChI=1S/C16H22F8O4/c1-5-27-11(25)9(3)7-13(17,18)15(21,22)16(23,24)14(19,20)8-10(4)12(26)28-6-2/h9-10H,5-8H2,1-4H3. The summed E-state index contributed by atoms with van der Waals surface area (Å²) < 4.78 is 119. The normalized spacial score (nSPS) is 15.7. The fraction of sp³-hybridized carbons (Fsp3) is 0.875. The highest BCUT2D eigenvalue weighted by Gasteiger charge is 2.80. The van der Waals surface area contributed by atoms with Gasteiger partial charge in [0.05, 0.1) is 25.0 Å². The number of halogens is 8. The Morgan fingerprint density at radius 2 is 0.929 bits per heavy atom. The lowest BCUT2D eigenvalue weighted by atomic mass is 9.88. The van der Waals surface area contributed by atoms with Gasteiger partial charge in [0, 0.05) is 12.8 Å². The molecular weight excluding hydrogens is 408 g/mol. The summed E-state index contributed by atoms with van der Waals surface area (Å²) >= 11 is 0. The molecule has 2 atom stereocenters. The molecule has 166 valence electrons. The van der Waals surface area contributed by atoms with Crippen LogP contribution in [0.1, 0.15) is 40.5 Å². The summed E-state index contributed by atoms with van der Waals surface area (Å²) in [6.45, 7) is 3.42. The van der Waals surface area contributed by atoms with Crippen LogP contribution in [-0.2, 0) is 19.1 Å². The van der Waals surface area contributed by atoms with E-state index in [2.05, 4.69) is 9.47 Å². The number of carbonyl (C=O) groups is 2. The van der Waals surface area contributed by atoms with E-state index in [4.69, 9.17) is 0 Å². The Morgan fingerprint density at radius 1 is 0.679 bits per heavy atom. The van der Waals surface area contributed by atoms with Crippen LogP contribution >= 0.6 is 0 Å². The Bertz CT molecular complexity index is 503. The highest BCUT2D eigenvalue weighted by atomic mass is 19.4. The number of alkyl halides is 8. The number of hydrogen-bond donors (Lipinski definition) is 0. The molecule has 0 heterocycles. The highest BCUT2D eigenvalue weighted by molar-refractivity contribution is 5.72. The van der Waals surface area contributed by atoms with Crippen molar-refractivity contribution in [2.24, 2.45) is 11.8 Å². The minimum Gasteiger partial charge on any atom is -0.466 e. The zero-order valence-electron chi connectivity index (χ0n) is 15.6. The molecule has 0 spiro atoms. The van der Waals surface area contributed by atoms with Gasteiger partial charge in [0.1, 0.15) is 0 Å². The lowest BCUT2D eigenvalue weighted by Gasteiger charge is -2.38. The van der Waals surface area contributed by atoms with E-state index in [9.17, 15) is 44.7 Å². The topological polar surface area (TPSA) is 52.6 Å². The number of hydrogen-bond acceptors (Lipinski definition) is 4. The minimum absolute atomic E-state index is 0.287. The van der Waals surface area contributed by atoms with E-state index < -0.39 is 60.3 Å². The van der Waals surface area contributed by atoms with Crippen molar-refractivity contribution in [3.63, 3.8) is 0 Å². The molecule has 0 saturated heterocycles. The van der Waals surface area contributed by atoms with E-state index >= 15 is 0 Å². The molecule has 0 aliphatic heterocycles. The molecule has 12 heteroatoms. The Hall–Kier alpha value is -1.62. The monoisotopic (exact) mass is 430 g/mol. The van der Waals surface area contributed by atoms with Gasteiger partial charge in [-0.3, -0.25) is 9.59 Å². The molecule has 0 rings (SSSR count). The number of carbonyl (C=O) groups excluding carboxylic acids is 2. The van der Waals surface area contributed by atoms with Crippen LogP contribution in [0.3, 0.4) is 0 Å². The molecule has 2 unspecified atom stereocenters. The molecular formula is C16H22F8O4. The van der Waals surface area contributed by atoms with Crippen LogP contribution in [0, 0.1) is 11.8 Å². The summed E-state index contributed by atoms with van der Waals surface area (Å²) in [6, 6.07) is 0. The van der Waals surface area contributed by atoms with Crippen molar-refractivity contribution in [3.05, 3.63) is 0 Å². The van der Waals surface area contributed by atoms with Gasteiger partial charge in [-0.1, -0.05) is 13.8 Å². The van der Waals surface area contributed by atoms with Crippen LogP contribution < -0.4 is 0 Å². The van der Waals surface area contributed by atoms with Crippen LogP contribution in [0.25, 0.3) is 0 Å². The van der Waals surface area contributed by atoms with Crippen molar-refractivity contribution in [2.75, 3.05) is 13.2 Å². The van der Waals surface area contributed by atoms with E-state index in [-0.39, 0.29) is 13.2 Å². The van der Waals surface area contributed by atoms with Gasteiger partial charge in [-0.15, -0.1) is 0 Å². The lowest BCUT2D eigenvalue weighted by molar-refractivity contribution is -0.370. The van der Waals surface area contributed by atoms with Crippen LogP contribution in [-0.4, -0.2) is 48.8 Å². The molecule has 0 saturated carbocycles. The van der Waals surface area contributed by atoms with E-state index in [0.29, 0.717) is 13.8 Å². The molecule has 0 aromatic rings. The van der Waals surface area contributed by atoms with Crippen LogP contribution in [0.15, 0.2) is 0 Å². The summed E-state index contributed by atoms with van der Waals surface area (Å²) in [5, 5.41) is 0. The third-order valence-electron chi connectivity index (χ3n) is 3.82. The van der Waals surface area contributed by atoms with Gasteiger partial charge in [0.25, 0.3) is 0 Å². The van der Waals surface area contributed by atoms with Gasteiger partial charge in [-0.2, -0.15) is 35.1 Å². The maximum Gasteiger partial charge on any atom is 0.378 e. The first kappa shape index (κ1) is 26.4. The number of ether oxygens (including phenoxy) is 2. The molecule has 0 aliphatic rings. The largest absolute Gasteiger partial charge is 0.466 e. The van der Waals surface area contributed by atoms with Gasteiger partial charge in [0.2, 0.25) is 0 Å². The minimum atomic E-state index is -6.52. The number of esters is 2. The van der Waals surface area contributed by atoms with Crippen LogP contribution in [0.5, 0.6) is 0 Å². The van der Waals surface area contributed by atoms with Crippen molar-refractivity contribution in [3.8, 4) is 0 Å². The fourth-order valence-corrected chi connectivity index (χ4v) is 2.22. The Kier molecular flexibility index (Phi) is 8.72. The molecule has 0 aromatic carbocycles. The molecule has 0 amide bonds. The zero-order valence-corrected chi connectivity index (χ0v) is 15.6. The second-order valence-corrected chi connectivity index (χ2v) is 6.27. The first-order valence-electron chi connectivity index (χ1n) is 8.33. The molecule has 0 bridgehead atoms. The first-order chi connectivity index (χ1) is 12.5. The molecule has 0 N–H and O–H groups in total. The van der Waals surface area contributed by atoms with Gasteiger partial charge in [0.15, 0.2) is 0 Å². The van der Waals surface area contributed by atoms with Gasteiger partial charge in [-0.05, 0) is 13.8 Å². The van der Waals surface area contributed by atoms with E-state index in [1.54, 1.807) is 0 Å². The Morgan fingerprint density at radius 3 is 1.14 bits per heavy atom. The molecule has 0 aliphatic carbocycles. The number of rotatable bonds is 11. The zero-order chi connectivity index (χ0) is 22.6. The molecule has 0 fully saturated rings. The van der Waals surface area contributed by atoms with Crippen molar-refractivity contribution in [2.45, 2.75) is 64.2 Å². The summed E-state index contributed by atoms with van der Waals surface area (Å²) in [7, 11) is 0. The quantitative estimate of drug-likeness (QED) is 0.352.